The van der Waals surface area contributed by atoms with E-state index in [4.69, 9.17) is 4.74 Å². The van der Waals surface area contributed by atoms with Crippen LogP contribution in [0.1, 0.15) is 34.3 Å². The average molecular weight is 388 g/mol. The van der Waals surface area contributed by atoms with E-state index >= 15 is 0 Å². The van der Waals surface area contributed by atoms with Crippen molar-refractivity contribution in [3.63, 3.8) is 0 Å². The maximum atomic E-state index is 12.8. The zero-order chi connectivity index (χ0) is 19.4. The molecule has 1 heterocycles. The molecule has 1 saturated heterocycles. The number of methoxy groups -OCH3 is 1. The monoisotopic (exact) mass is 388 g/mol. The fourth-order valence-electron chi connectivity index (χ4n) is 3.14. The van der Waals surface area contributed by atoms with Gasteiger partial charge in [-0.25, -0.2) is 8.42 Å². The smallest absolute Gasteiger partial charge is 0.251 e. The van der Waals surface area contributed by atoms with Gasteiger partial charge in [-0.15, -0.1) is 0 Å². The zero-order valence-electron chi connectivity index (χ0n) is 15.6. The van der Waals surface area contributed by atoms with Crippen LogP contribution in [0.5, 0.6) is 5.75 Å². The van der Waals surface area contributed by atoms with Gasteiger partial charge < -0.3 is 10.1 Å². The molecule has 0 bridgehead atoms. The minimum Gasteiger partial charge on any atom is -0.497 e. The van der Waals surface area contributed by atoms with Crippen LogP contribution in [-0.2, 0) is 16.6 Å². The molecule has 0 aliphatic carbocycles. The summed E-state index contributed by atoms with van der Waals surface area (Å²) in [6.45, 7) is 3.20. The van der Waals surface area contributed by atoms with Crippen molar-refractivity contribution in [2.75, 3.05) is 20.2 Å². The van der Waals surface area contributed by atoms with Crippen LogP contribution in [0, 0.1) is 6.92 Å². The molecule has 1 aliphatic rings. The number of nitrogens with zero attached hydrogens (tertiary/aromatic N) is 1. The predicted molar refractivity (Wildman–Crippen MR) is 103 cm³/mol. The number of carbonyl (C=O) groups is 1. The van der Waals surface area contributed by atoms with E-state index in [1.807, 2.05) is 24.3 Å². The van der Waals surface area contributed by atoms with Gasteiger partial charge in [-0.1, -0.05) is 18.2 Å². The first-order chi connectivity index (χ1) is 12.9. The van der Waals surface area contributed by atoms with Gasteiger partial charge in [0, 0.05) is 25.2 Å². The largest absolute Gasteiger partial charge is 0.497 e. The van der Waals surface area contributed by atoms with Gasteiger partial charge in [0.15, 0.2) is 0 Å². The maximum Gasteiger partial charge on any atom is 0.251 e. The third-order valence-electron chi connectivity index (χ3n) is 4.74. The van der Waals surface area contributed by atoms with Gasteiger partial charge in [0.25, 0.3) is 5.91 Å². The Kier molecular flexibility index (Phi) is 5.82. The molecule has 0 aromatic heterocycles. The minimum atomic E-state index is -3.55. The molecule has 0 spiro atoms. The topological polar surface area (TPSA) is 75.7 Å². The Morgan fingerprint density at radius 1 is 1.15 bits per heavy atom. The summed E-state index contributed by atoms with van der Waals surface area (Å²) in [6.07, 6.45) is 1.75. The lowest BCUT2D eigenvalue weighted by Gasteiger charge is -2.17. The van der Waals surface area contributed by atoms with Gasteiger partial charge in [0.1, 0.15) is 5.75 Å². The van der Waals surface area contributed by atoms with Crippen LogP contribution in [0.15, 0.2) is 47.4 Å². The van der Waals surface area contributed by atoms with Crippen molar-refractivity contribution in [2.45, 2.75) is 31.2 Å². The number of ether oxygens (including phenoxy) is 1. The number of benzene rings is 2. The van der Waals surface area contributed by atoms with Gasteiger partial charge >= 0.3 is 0 Å². The normalized spacial score (nSPS) is 14.9. The fourth-order valence-corrected chi connectivity index (χ4v) is 4.69. The number of nitrogens with one attached hydrogen (secondary N) is 1. The molecule has 0 saturated carbocycles. The molecule has 3 rings (SSSR count). The Morgan fingerprint density at radius 3 is 2.59 bits per heavy atom. The van der Waals surface area contributed by atoms with E-state index in [-0.39, 0.29) is 10.8 Å². The zero-order valence-corrected chi connectivity index (χ0v) is 16.4. The molecule has 1 N–H and O–H groups in total. The second kappa shape index (κ2) is 8.10. The molecule has 0 atom stereocenters. The number of carbonyl (C=O) groups excluding carboxylic acids is 1. The van der Waals surface area contributed by atoms with E-state index in [0.29, 0.717) is 25.2 Å². The number of sulfonamides is 1. The molecule has 2 aromatic rings. The van der Waals surface area contributed by atoms with Gasteiger partial charge in [-0.05, 0) is 55.2 Å². The first-order valence-electron chi connectivity index (χ1n) is 8.94. The standard InChI is InChI=1S/C20H24N2O4S/c1-15-8-9-18(27(24,25)22-10-3-4-11-22)13-19(15)20(23)21-14-16-6-5-7-17(12-16)26-2/h5-9,12-13H,3-4,10-11,14H2,1-2H3,(H,21,23). The lowest BCUT2D eigenvalue weighted by Crippen LogP contribution is -2.29. The maximum absolute atomic E-state index is 12.8. The molecule has 144 valence electrons. The molecule has 7 heteroatoms. The molecule has 1 fully saturated rings. The van der Waals surface area contributed by atoms with E-state index in [2.05, 4.69) is 5.32 Å². The number of amides is 1. The summed E-state index contributed by atoms with van der Waals surface area (Å²) in [4.78, 5) is 12.8. The summed E-state index contributed by atoms with van der Waals surface area (Å²) in [5.41, 5.74) is 2.01. The summed E-state index contributed by atoms with van der Waals surface area (Å²) in [6, 6.07) is 12.2. The van der Waals surface area contributed by atoms with Gasteiger partial charge in [0.2, 0.25) is 10.0 Å². The number of hydrogen-bond acceptors (Lipinski definition) is 4. The van der Waals surface area contributed by atoms with E-state index in [1.165, 1.54) is 10.4 Å². The first-order valence-corrected chi connectivity index (χ1v) is 10.4. The summed E-state index contributed by atoms with van der Waals surface area (Å²) in [5.74, 6) is 0.422. The summed E-state index contributed by atoms with van der Waals surface area (Å²) < 4.78 is 32.2. The van der Waals surface area contributed by atoms with Crippen molar-refractivity contribution >= 4 is 15.9 Å². The van der Waals surface area contributed by atoms with Crippen molar-refractivity contribution in [1.29, 1.82) is 0 Å². The molecule has 2 aromatic carbocycles. The van der Waals surface area contributed by atoms with E-state index in [0.717, 1.165) is 29.7 Å². The molecular formula is C20H24N2O4S. The van der Waals surface area contributed by atoms with E-state index in [9.17, 15) is 13.2 Å². The molecule has 6 nitrogen and oxygen atoms in total. The lowest BCUT2D eigenvalue weighted by atomic mass is 10.1. The van der Waals surface area contributed by atoms with E-state index < -0.39 is 10.0 Å². The molecule has 1 aliphatic heterocycles. The molecule has 0 unspecified atom stereocenters. The molecule has 0 radical (unpaired) electrons. The van der Waals surface area contributed by atoms with Crippen molar-refractivity contribution < 1.29 is 17.9 Å². The fraction of sp³-hybridized carbons (Fsp3) is 0.350. The predicted octanol–water partition coefficient (Wildman–Crippen LogP) is 2.72. The highest BCUT2D eigenvalue weighted by Gasteiger charge is 2.28. The van der Waals surface area contributed by atoms with Crippen LogP contribution in [0.2, 0.25) is 0 Å². The van der Waals surface area contributed by atoms with E-state index in [1.54, 1.807) is 26.2 Å². The molecular weight excluding hydrogens is 364 g/mol. The Hall–Kier alpha value is -2.38. The van der Waals surface area contributed by atoms with Crippen LogP contribution in [-0.4, -0.2) is 38.8 Å². The Balaban J connectivity index is 1.78. The second-order valence-electron chi connectivity index (χ2n) is 6.62. The number of aryl methyl sites for hydroxylation is 1. The van der Waals surface area contributed by atoms with Gasteiger partial charge in [0.05, 0.1) is 12.0 Å². The quantitative estimate of drug-likeness (QED) is 0.826. The number of hydrogen-bond donors (Lipinski definition) is 1. The van der Waals surface area contributed by atoms with Gasteiger partial charge in [-0.3, -0.25) is 4.79 Å². The Labute approximate surface area is 160 Å². The highest BCUT2D eigenvalue weighted by atomic mass is 32.2. The summed E-state index contributed by atoms with van der Waals surface area (Å²) in [7, 11) is -1.96. The Bertz CT molecular complexity index is 935. The lowest BCUT2D eigenvalue weighted by molar-refractivity contribution is 0.0950. The highest BCUT2D eigenvalue weighted by molar-refractivity contribution is 7.89. The number of rotatable bonds is 6. The second-order valence-corrected chi connectivity index (χ2v) is 8.56. The minimum absolute atomic E-state index is 0.168. The van der Waals surface area contributed by atoms with Crippen LogP contribution < -0.4 is 10.1 Å². The third kappa shape index (κ3) is 4.31. The van der Waals surface area contributed by atoms with Crippen LogP contribution in [0.3, 0.4) is 0 Å². The molecule has 1 amide bonds. The third-order valence-corrected chi connectivity index (χ3v) is 6.64. The van der Waals surface area contributed by atoms with Crippen LogP contribution in [0.25, 0.3) is 0 Å². The van der Waals surface area contributed by atoms with Crippen molar-refractivity contribution in [2.24, 2.45) is 0 Å². The highest BCUT2D eigenvalue weighted by Crippen LogP contribution is 2.23. The Morgan fingerprint density at radius 2 is 1.89 bits per heavy atom. The average Bonchev–Trinajstić information content (AvgIpc) is 3.22. The summed E-state index contributed by atoms with van der Waals surface area (Å²) in [5, 5.41) is 2.85. The van der Waals surface area contributed by atoms with Crippen LogP contribution >= 0.6 is 0 Å². The van der Waals surface area contributed by atoms with Crippen molar-refractivity contribution in [3.8, 4) is 5.75 Å². The van der Waals surface area contributed by atoms with Crippen molar-refractivity contribution in [3.05, 3.63) is 59.2 Å². The SMILES string of the molecule is COc1cccc(CNC(=O)c2cc(S(=O)(=O)N3CCCC3)ccc2C)c1. The van der Waals surface area contributed by atoms with Crippen LogP contribution in [0.4, 0.5) is 0 Å². The van der Waals surface area contributed by atoms with Gasteiger partial charge in [-0.2, -0.15) is 4.31 Å². The van der Waals surface area contributed by atoms with Crippen molar-refractivity contribution in [1.82, 2.24) is 9.62 Å². The molecule has 27 heavy (non-hydrogen) atoms. The summed E-state index contributed by atoms with van der Waals surface area (Å²) >= 11 is 0. The first kappa shape index (κ1) is 19.4.